The van der Waals surface area contributed by atoms with Crippen LogP contribution in [0.2, 0.25) is 0 Å². The molecule has 0 saturated heterocycles. The van der Waals surface area contributed by atoms with Crippen molar-refractivity contribution in [2.75, 3.05) is 13.6 Å². The molecule has 0 aliphatic heterocycles. The van der Waals surface area contributed by atoms with E-state index in [1.807, 2.05) is 13.8 Å². The second kappa shape index (κ2) is 6.66. The maximum Gasteiger partial charge on any atom is 0.325 e. The van der Waals surface area contributed by atoms with E-state index in [0.29, 0.717) is 18.5 Å². The lowest BCUT2D eigenvalue weighted by Crippen LogP contribution is -2.63. The van der Waals surface area contributed by atoms with Crippen LogP contribution in [-0.4, -0.2) is 47.2 Å². The minimum Gasteiger partial charge on any atom is -0.480 e. The van der Waals surface area contributed by atoms with Crippen LogP contribution in [0.4, 0.5) is 0 Å². The number of carboxylic acid groups (broad SMARTS) is 1. The van der Waals surface area contributed by atoms with Gasteiger partial charge in [0.15, 0.2) is 0 Å². The van der Waals surface area contributed by atoms with Gasteiger partial charge in [-0.05, 0) is 71.3 Å². The normalized spacial score (nSPS) is 29.6. The molecule has 0 bridgehead atoms. The van der Waals surface area contributed by atoms with Gasteiger partial charge in [0.25, 0.3) is 0 Å². The fourth-order valence-corrected chi connectivity index (χ4v) is 3.89. The molecule has 0 amide bonds. The first-order valence-corrected chi connectivity index (χ1v) is 8.56. The quantitative estimate of drug-likeness (QED) is 0.758. The van der Waals surface area contributed by atoms with Gasteiger partial charge >= 0.3 is 5.97 Å². The second-order valence-electron chi connectivity index (χ2n) is 7.68. The lowest BCUT2D eigenvalue weighted by Gasteiger charge is -2.41. The number of hydrogen-bond acceptors (Lipinski definition) is 3. The summed E-state index contributed by atoms with van der Waals surface area (Å²) in [6.45, 7) is 7.04. The number of likely N-dealkylation sites (N-methyl/N-ethyl adjacent to an activating group) is 1. The van der Waals surface area contributed by atoms with E-state index in [-0.39, 0.29) is 6.04 Å². The summed E-state index contributed by atoms with van der Waals surface area (Å²) >= 11 is 0. The molecule has 0 heterocycles. The van der Waals surface area contributed by atoms with Crippen molar-refractivity contribution >= 4 is 5.97 Å². The molecule has 2 rings (SSSR count). The summed E-state index contributed by atoms with van der Waals surface area (Å²) < 4.78 is 0. The van der Waals surface area contributed by atoms with Crippen molar-refractivity contribution in [3.8, 4) is 0 Å². The highest BCUT2D eigenvalue weighted by Gasteiger charge is 2.52. The van der Waals surface area contributed by atoms with E-state index < -0.39 is 11.5 Å². The Morgan fingerprint density at radius 3 is 2.24 bits per heavy atom. The largest absolute Gasteiger partial charge is 0.480 e. The van der Waals surface area contributed by atoms with E-state index in [9.17, 15) is 9.90 Å². The number of nitrogens with one attached hydrogen (secondary N) is 1. The lowest BCUT2D eigenvalue weighted by atomic mass is 9.85. The molecule has 122 valence electrons. The van der Waals surface area contributed by atoms with Crippen LogP contribution in [0.15, 0.2) is 0 Å². The van der Waals surface area contributed by atoms with Crippen molar-refractivity contribution in [3.63, 3.8) is 0 Å². The molecule has 2 fully saturated rings. The summed E-state index contributed by atoms with van der Waals surface area (Å²) in [5, 5.41) is 13.3. The summed E-state index contributed by atoms with van der Waals surface area (Å²) in [5.41, 5.74) is -0.758. The van der Waals surface area contributed by atoms with Crippen molar-refractivity contribution in [2.45, 2.75) is 76.9 Å². The summed E-state index contributed by atoms with van der Waals surface area (Å²) in [5.74, 6) is 0.452. The molecule has 2 N–H and O–H groups in total. The number of carbonyl (C=O) groups is 1. The van der Waals surface area contributed by atoms with Crippen LogP contribution >= 0.6 is 0 Å². The monoisotopic (exact) mass is 296 g/mol. The van der Waals surface area contributed by atoms with Gasteiger partial charge in [-0.1, -0.05) is 6.92 Å². The van der Waals surface area contributed by atoms with E-state index in [1.165, 1.54) is 25.7 Å². The van der Waals surface area contributed by atoms with Crippen LogP contribution in [-0.2, 0) is 4.79 Å². The molecule has 0 aromatic heterocycles. The molecule has 21 heavy (non-hydrogen) atoms. The van der Waals surface area contributed by atoms with Gasteiger partial charge in [0.05, 0.1) is 0 Å². The summed E-state index contributed by atoms with van der Waals surface area (Å²) in [7, 11) is 2.11. The third kappa shape index (κ3) is 3.98. The molecule has 2 saturated carbocycles. The summed E-state index contributed by atoms with van der Waals surface area (Å²) in [6.07, 6.45) is 7.05. The maximum atomic E-state index is 12.0. The van der Waals surface area contributed by atoms with Crippen LogP contribution in [0.5, 0.6) is 0 Å². The number of rotatable bonds is 7. The van der Waals surface area contributed by atoms with Crippen molar-refractivity contribution in [1.29, 1.82) is 0 Å². The number of aliphatic carboxylic acids is 1. The fourth-order valence-electron chi connectivity index (χ4n) is 3.89. The molecule has 2 aliphatic rings. The summed E-state index contributed by atoms with van der Waals surface area (Å²) in [6, 6.07) is 0.745. The molecule has 0 spiro atoms. The first-order chi connectivity index (χ1) is 9.85. The zero-order chi connectivity index (χ0) is 15.6. The van der Waals surface area contributed by atoms with Crippen molar-refractivity contribution in [1.82, 2.24) is 10.2 Å². The first-order valence-electron chi connectivity index (χ1n) is 8.56. The Hall–Kier alpha value is -0.610. The predicted octanol–water partition coefficient (Wildman–Crippen LogP) is 2.73. The van der Waals surface area contributed by atoms with Crippen LogP contribution in [0.25, 0.3) is 0 Å². The minimum atomic E-state index is -0.758. The van der Waals surface area contributed by atoms with Gasteiger partial charge in [0.2, 0.25) is 0 Å². The van der Waals surface area contributed by atoms with Gasteiger partial charge in [-0.3, -0.25) is 10.1 Å². The zero-order valence-corrected chi connectivity index (χ0v) is 14.1. The minimum absolute atomic E-state index is 0.196. The van der Waals surface area contributed by atoms with E-state index in [2.05, 4.69) is 24.2 Å². The van der Waals surface area contributed by atoms with Gasteiger partial charge < -0.3 is 10.0 Å². The Kier molecular flexibility index (Phi) is 5.31. The number of hydrogen-bond donors (Lipinski definition) is 2. The highest BCUT2D eigenvalue weighted by Crippen LogP contribution is 2.41. The average Bonchev–Trinajstić information content (AvgIpc) is 3.22. The smallest absolute Gasteiger partial charge is 0.325 e. The molecule has 0 radical (unpaired) electrons. The molecule has 1 atom stereocenters. The molecule has 0 aromatic carbocycles. The van der Waals surface area contributed by atoms with E-state index in [4.69, 9.17) is 0 Å². The van der Waals surface area contributed by atoms with Gasteiger partial charge in [0, 0.05) is 18.6 Å². The fraction of sp³-hybridized carbons (Fsp3) is 0.941. The first kappa shape index (κ1) is 16.8. The highest BCUT2D eigenvalue weighted by atomic mass is 16.4. The van der Waals surface area contributed by atoms with Crippen LogP contribution < -0.4 is 5.32 Å². The number of nitrogens with zero attached hydrogens (tertiary/aromatic N) is 1. The standard InChI is InChI=1S/C17H32N2O2/c1-12(2)18-17(16(20)21,14-7-8-14)11-19(4)15-9-5-13(3)6-10-15/h12-15,18H,5-11H2,1-4H3,(H,20,21). The SMILES string of the molecule is CC1CCC(N(C)CC(NC(C)C)(C(=O)O)C2CC2)CC1. The summed E-state index contributed by atoms with van der Waals surface area (Å²) in [4.78, 5) is 14.3. The molecule has 2 aliphatic carbocycles. The van der Waals surface area contributed by atoms with Gasteiger partial charge in [-0.2, -0.15) is 0 Å². The van der Waals surface area contributed by atoms with Crippen molar-refractivity contribution < 1.29 is 9.90 Å². The molecule has 4 nitrogen and oxygen atoms in total. The maximum absolute atomic E-state index is 12.0. The third-order valence-electron chi connectivity index (χ3n) is 5.31. The van der Waals surface area contributed by atoms with E-state index >= 15 is 0 Å². The molecule has 4 heteroatoms. The Bertz CT molecular complexity index is 360. The highest BCUT2D eigenvalue weighted by molar-refractivity contribution is 5.80. The predicted molar refractivity (Wildman–Crippen MR) is 85.4 cm³/mol. The molecule has 1 unspecified atom stereocenters. The zero-order valence-electron chi connectivity index (χ0n) is 14.1. The van der Waals surface area contributed by atoms with Gasteiger partial charge in [-0.15, -0.1) is 0 Å². The average molecular weight is 296 g/mol. The van der Waals surface area contributed by atoms with Gasteiger partial charge in [-0.25, -0.2) is 0 Å². The molecule has 0 aromatic rings. The Morgan fingerprint density at radius 1 is 1.24 bits per heavy atom. The van der Waals surface area contributed by atoms with E-state index in [1.54, 1.807) is 0 Å². The van der Waals surface area contributed by atoms with Crippen LogP contribution in [0.1, 0.15) is 59.3 Å². The lowest BCUT2D eigenvalue weighted by molar-refractivity contribution is -0.147. The van der Waals surface area contributed by atoms with Gasteiger partial charge in [0.1, 0.15) is 5.54 Å². The molecular formula is C17H32N2O2. The van der Waals surface area contributed by atoms with E-state index in [0.717, 1.165) is 18.8 Å². The Balaban J connectivity index is 2.05. The van der Waals surface area contributed by atoms with Crippen molar-refractivity contribution in [3.05, 3.63) is 0 Å². The second-order valence-corrected chi connectivity index (χ2v) is 7.68. The Labute approximate surface area is 129 Å². The third-order valence-corrected chi connectivity index (χ3v) is 5.31. The number of carboxylic acids is 1. The Morgan fingerprint density at radius 2 is 1.81 bits per heavy atom. The van der Waals surface area contributed by atoms with Crippen molar-refractivity contribution in [2.24, 2.45) is 11.8 Å². The molecular weight excluding hydrogens is 264 g/mol. The van der Waals surface area contributed by atoms with Crippen LogP contribution in [0, 0.1) is 11.8 Å². The topological polar surface area (TPSA) is 52.6 Å². The van der Waals surface area contributed by atoms with Crippen LogP contribution in [0.3, 0.4) is 0 Å².